The summed E-state index contributed by atoms with van der Waals surface area (Å²) in [5.41, 5.74) is 0.00162. The Morgan fingerprint density at radius 2 is 2.27 bits per heavy atom. The molecule has 0 saturated carbocycles. The molecule has 4 nitrogen and oxygen atoms in total. The molecule has 0 spiro atoms. The van der Waals surface area contributed by atoms with E-state index in [9.17, 15) is 4.79 Å². The number of aromatic amines is 1. The Kier molecular flexibility index (Phi) is 1.03. The molecule has 4 heteroatoms. The number of nitrogens with zero attached hydrogens (tertiary/aromatic N) is 1. The van der Waals surface area contributed by atoms with Crippen molar-refractivity contribution in [3.05, 3.63) is 17.0 Å². The number of fused-ring (bicyclic) bond motifs is 1. The van der Waals surface area contributed by atoms with Crippen LogP contribution in [0.3, 0.4) is 0 Å². The van der Waals surface area contributed by atoms with E-state index in [1.54, 1.807) is 0 Å². The van der Waals surface area contributed by atoms with E-state index in [-0.39, 0.29) is 11.5 Å². The van der Waals surface area contributed by atoms with Crippen molar-refractivity contribution in [3.63, 3.8) is 0 Å². The van der Waals surface area contributed by atoms with Crippen molar-refractivity contribution >= 4 is 23.6 Å². The molecular weight excluding hydrogens is 142 g/mol. The number of carbonyl (C=O) groups is 1. The van der Waals surface area contributed by atoms with Crippen LogP contribution in [0, 0.1) is 5.41 Å². The number of Topliss-reactive ketones (excluding diaryl/α,β-unsaturated/α-hetero) is 1. The number of carbonyl (C=O) groups excluding carboxylic acids is 1. The summed E-state index contributed by atoms with van der Waals surface area (Å²) in [5, 5.41) is 8.53. The van der Waals surface area contributed by atoms with Crippen molar-refractivity contribution in [1.29, 1.82) is 5.41 Å². The highest BCUT2D eigenvalue weighted by atomic mass is 16.1. The van der Waals surface area contributed by atoms with Gasteiger partial charge in [-0.3, -0.25) is 10.2 Å². The highest BCUT2D eigenvalue weighted by Gasteiger charge is 2.08. The summed E-state index contributed by atoms with van der Waals surface area (Å²) in [7, 11) is 0. The fourth-order valence-electron chi connectivity index (χ4n) is 0.963. The van der Waals surface area contributed by atoms with Crippen LogP contribution in [0.1, 0.15) is 0 Å². The number of imidazole rings is 1. The first kappa shape index (κ1) is 6.03. The van der Waals surface area contributed by atoms with Crippen LogP contribution < -0.4 is 10.7 Å². The number of nitrogens with one attached hydrogen (secondary N) is 2. The number of hydrogen-bond donors (Lipinski definition) is 2. The Morgan fingerprint density at radius 3 is 3.09 bits per heavy atom. The van der Waals surface area contributed by atoms with Gasteiger partial charge in [0.15, 0.2) is 0 Å². The minimum atomic E-state index is -0.287. The number of ketones is 1. The van der Waals surface area contributed by atoms with Gasteiger partial charge in [-0.1, -0.05) is 0 Å². The zero-order valence-corrected chi connectivity index (χ0v) is 5.59. The molecule has 11 heavy (non-hydrogen) atoms. The maximum absolute atomic E-state index is 10.9. The summed E-state index contributed by atoms with van der Waals surface area (Å²) in [6, 6.07) is 0. The van der Waals surface area contributed by atoms with Crippen molar-refractivity contribution in [3.8, 4) is 0 Å². The van der Waals surface area contributed by atoms with Crippen LogP contribution in [-0.4, -0.2) is 21.5 Å². The lowest BCUT2D eigenvalue weighted by Crippen LogP contribution is -2.33. The third kappa shape index (κ3) is 0.797. The van der Waals surface area contributed by atoms with Crippen molar-refractivity contribution in [2.75, 3.05) is 0 Å². The van der Waals surface area contributed by atoms with E-state index in [2.05, 4.69) is 9.97 Å². The first-order valence-corrected chi connectivity index (χ1v) is 3.13. The first-order valence-electron chi connectivity index (χ1n) is 3.13. The Bertz CT molecular complexity index is 400. The number of aromatic nitrogens is 2. The van der Waals surface area contributed by atoms with Gasteiger partial charge in [-0.25, -0.2) is 4.98 Å². The molecule has 1 aliphatic rings. The van der Waals surface area contributed by atoms with Gasteiger partial charge in [0.25, 0.3) is 0 Å². The van der Waals surface area contributed by atoms with Gasteiger partial charge in [0, 0.05) is 6.08 Å². The average Bonchev–Trinajstić information content (AvgIpc) is 2.36. The van der Waals surface area contributed by atoms with Crippen molar-refractivity contribution in [2.24, 2.45) is 0 Å². The van der Waals surface area contributed by atoms with Crippen LogP contribution in [0.5, 0.6) is 0 Å². The van der Waals surface area contributed by atoms with Crippen LogP contribution >= 0.6 is 0 Å². The third-order valence-corrected chi connectivity index (χ3v) is 1.52. The van der Waals surface area contributed by atoms with Gasteiger partial charge in [-0.2, -0.15) is 0 Å². The van der Waals surface area contributed by atoms with E-state index in [4.69, 9.17) is 5.41 Å². The molecule has 2 N–H and O–H groups in total. The molecule has 54 valence electrons. The summed E-state index contributed by atoms with van der Waals surface area (Å²) in [6.07, 6.45) is 4.34. The van der Waals surface area contributed by atoms with Gasteiger partial charge in [-0.15, -0.1) is 0 Å². The molecule has 1 aromatic rings. The lowest BCUT2D eigenvalue weighted by atomic mass is 10.1. The van der Waals surface area contributed by atoms with Crippen molar-refractivity contribution < 1.29 is 4.79 Å². The quantitative estimate of drug-likeness (QED) is 0.472. The van der Waals surface area contributed by atoms with Crippen LogP contribution in [-0.2, 0) is 4.79 Å². The molecule has 0 fully saturated rings. The molecule has 0 unspecified atom stereocenters. The Hall–Kier alpha value is -1.71. The molecule has 0 atom stereocenters. The zero-order chi connectivity index (χ0) is 7.84. The molecule has 2 rings (SSSR count). The molecule has 0 aliphatic heterocycles. The van der Waals surface area contributed by atoms with E-state index in [0.29, 0.717) is 5.35 Å². The standard InChI is InChI=1S/C7H5N3O/c8-4-1-5-6(2-7(4)11)10-3-9-5/h1-3,8H,(H,9,10). The molecule has 1 heterocycles. The van der Waals surface area contributed by atoms with Gasteiger partial charge in [0.05, 0.1) is 17.0 Å². The average molecular weight is 147 g/mol. The molecule has 0 aromatic carbocycles. The highest BCUT2D eigenvalue weighted by Crippen LogP contribution is 1.84. The summed E-state index contributed by atoms with van der Waals surface area (Å²) >= 11 is 0. The Morgan fingerprint density at radius 1 is 1.45 bits per heavy atom. The molecule has 0 saturated heterocycles. The second-order valence-corrected chi connectivity index (χ2v) is 2.27. The van der Waals surface area contributed by atoms with Gasteiger partial charge < -0.3 is 4.98 Å². The van der Waals surface area contributed by atoms with Crippen LogP contribution in [0.4, 0.5) is 0 Å². The second-order valence-electron chi connectivity index (χ2n) is 2.27. The Labute approximate surface area is 61.8 Å². The van der Waals surface area contributed by atoms with E-state index >= 15 is 0 Å². The van der Waals surface area contributed by atoms with Gasteiger partial charge in [-0.05, 0) is 6.08 Å². The molecule has 0 bridgehead atoms. The van der Waals surface area contributed by atoms with Crippen molar-refractivity contribution in [1.82, 2.24) is 9.97 Å². The number of H-pyrrole nitrogens is 1. The lowest BCUT2D eigenvalue weighted by Gasteiger charge is -1.93. The van der Waals surface area contributed by atoms with E-state index in [1.807, 2.05) is 0 Å². The third-order valence-electron chi connectivity index (χ3n) is 1.52. The maximum atomic E-state index is 10.9. The van der Waals surface area contributed by atoms with Crippen LogP contribution in [0.2, 0.25) is 0 Å². The van der Waals surface area contributed by atoms with E-state index in [0.717, 1.165) is 5.35 Å². The van der Waals surface area contributed by atoms with Gasteiger partial charge in [0.2, 0.25) is 5.78 Å². The topological polar surface area (TPSA) is 69.6 Å². The van der Waals surface area contributed by atoms with E-state index in [1.165, 1.54) is 18.5 Å². The number of hydrogen-bond acceptors (Lipinski definition) is 3. The van der Waals surface area contributed by atoms with Crippen molar-refractivity contribution in [2.45, 2.75) is 0 Å². The normalized spacial score (nSPS) is 15.3. The maximum Gasteiger partial charge on any atom is 0.205 e. The number of rotatable bonds is 0. The molecule has 0 radical (unpaired) electrons. The fourth-order valence-corrected chi connectivity index (χ4v) is 0.963. The molecule has 0 amide bonds. The SMILES string of the molecule is N=C1C=c2[nH]cnc2=CC1=O. The molecular formula is C7H5N3O. The monoisotopic (exact) mass is 147 g/mol. The minimum Gasteiger partial charge on any atom is -0.345 e. The summed E-state index contributed by atoms with van der Waals surface area (Å²) in [6.45, 7) is 0. The minimum absolute atomic E-state index is 0.00162. The molecule has 1 aliphatic carbocycles. The van der Waals surface area contributed by atoms with Gasteiger partial charge >= 0.3 is 0 Å². The fraction of sp³-hybridized carbons (Fsp3) is 0. The summed E-state index contributed by atoms with van der Waals surface area (Å²) in [4.78, 5) is 17.6. The smallest absolute Gasteiger partial charge is 0.205 e. The summed E-state index contributed by atoms with van der Waals surface area (Å²) in [5.74, 6) is -0.287. The highest BCUT2D eigenvalue weighted by molar-refractivity contribution is 6.58. The Balaban J connectivity index is 2.89. The predicted molar refractivity (Wildman–Crippen MR) is 39.5 cm³/mol. The van der Waals surface area contributed by atoms with Crippen LogP contribution in [0.25, 0.3) is 12.2 Å². The second kappa shape index (κ2) is 1.88. The first-order chi connectivity index (χ1) is 5.27. The molecule has 1 aromatic heterocycles. The predicted octanol–water partition coefficient (Wildman–Crippen LogP) is -1.43. The van der Waals surface area contributed by atoms with Gasteiger partial charge in [0.1, 0.15) is 5.71 Å². The summed E-state index contributed by atoms with van der Waals surface area (Å²) < 4.78 is 0. The van der Waals surface area contributed by atoms with E-state index < -0.39 is 0 Å². The largest absolute Gasteiger partial charge is 0.345 e. The van der Waals surface area contributed by atoms with Crippen LogP contribution in [0.15, 0.2) is 6.33 Å². The zero-order valence-electron chi connectivity index (χ0n) is 5.59. The lowest BCUT2D eigenvalue weighted by molar-refractivity contribution is -0.107.